The first kappa shape index (κ1) is 23.1. The summed E-state index contributed by atoms with van der Waals surface area (Å²) < 4.78 is 3.97. The summed E-state index contributed by atoms with van der Waals surface area (Å²) in [6.45, 7) is 0. The van der Waals surface area contributed by atoms with Crippen molar-refractivity contribution in [3.8, 4) is 0 Å². The highest BCUT2D eigenvalue weighted by Gasteiger charge is 2.16. The van der Waals surface area contributed by atoms with E-state index in [0.29, 0.717) is 12.8 Å². The third kappa shape index (κ3) is 4.99. The smallest absolute Gasteiger partial charge is 0.320 e. The van der Waals surface area contributed by atoms with Crippen molar-refractivity contribution in [1.82, 2.24) is 9.13 Å². The van der Waals surface area contributed by atoms with Gasteiger partial charge in [-0.05, 0) is 23.3 Å². The number of hydrogen-bond acceptors (Lipinski definition) is 4. The van der Waals surface area contributed by atoms with Gasteiger partial charge >= 0.3 is 11.9 Å². The summed E-state index contributed by atoms with van der Waals surface area (Å²) in [5.74, 6) is -1.93. The monoisotopic (exact) mass is 436 g/mol. The fraction of sp³-hybridized carbons (Fsp3) is 0.250. The zero-order valence-electron chi connectivity index (χ0n) is 18.1. The van der Waals surface area contributed by atoms with Gasteiger partial charge in [-0.2, -0.15) is 0 Å². The molecule has 0 unspecified atom stereocenters. The Bertz CT molecular complexity index is 1160. The second-order valence-corrected chi connectivity index (χ2v) is 7.86. The molecule has 2 atom stereocenters. The fourth-order valence-electron chi connectivity index (χ4n) is 3.82. The van der Waals surface area contributed by atoms with Crippen molar-refractivity contribution in [3.63, 3.8) is 0 Å². The number of aryl methyl sites for hydroxylation is 2. The van der Waals surface area contributed by atoms with Crippen LogP contribution < -0.4 is 11.5 Å². The molecule has 0 amide bonds. The molecule has 4 aromatic rings. The molecule has 2 heterocycles. The van der Waals surface area contributed by atoms with Crippen molar-refractivity contribution < 1.29 is 19.8 Å². The second-order valence-electron chi connectivity index (χ2n) is 7.86. The Labute approximate surface area is 185 Å². The standard InChI is InChI=1S/2C12H14N2O2/c2*1-14-7-8(6-10(13)12(15)16)9-4-2-3-5-11(9)14/h2*2-5,7,10H,6,13H2,1H3,(H,15,16)/t2*10-/m11/s1. The summed E-state index contributed by atoms with van der Waals surface area (Å²) in [6.07, 6.45) is 4.59. The molecule has 0 aliphatic heterocycles. The zero-order chi connectivity index (χ0) is 23.4. The SMILES string of the molecule is Cn1cc(C[C@@H](N)C(=O)O)c2ccccc21.Cn1cc(C[C@@H](N)C(=O)O)c2ccccc21. The molecule has 0 saturated carbocycles. The van der Waals surface area contributed by atoms with Gasteiger partial charge in [0.15, 0.2) is 0 Å². The van der Waals surface area contributed by atoms with E-state index in [4.69, 9.17) is 21.7 Å². The molecule has 0 saturated heterocycles. The summed E-state index contributed by atoms with van der Waals surface area (Å²) in [7, 11) is 3.89. The lowest BCUT2D eigenvalue weighted by molar-refractivity contribution is -0.139. The Balaban J connectivity index is 0.000000181. The number of para-hydroxylation sites is 2. The van der Waals surface area contributed by atoms with Crippen LogP contribution >= 0.6 is 0 Å². The summed E-state index contributed by atoms with van der Waals surface area (Å²) >= 11 is 0. The minimum absolute atomic E-state index is 0.358. The Morgan fingerprint density at radius 3 is 1.44 bits per heavy atom. The normalized spacial score (nSPS) is 12.9. The molecule has 2 aromatic heterocycles. The van der Waals surface area contributed by atoms with Crippen LogP contribution in [0.4, 0.5) is 0 Å². The number of carbonyl (C=O) groups is 2. The van der Waals surface area contributed by atoms with Gasteiger partial charge < -0.3 is 30.8 Å². The first-order valence-electron chi connectivity index (χ1n) is 10.2. The number of nitrogens with zero attached hydrogens (tertiary/aromatic N) is 2. The molecule has 2 aromatic carbocycles. The third-order valence-electron chi connectivity index (χ3n) is 5.47. The number of benzene rings is 2. The molecule has 0 radical (unpaired) electrons. The molecule has 0 fully saturated rings. The topological polar surface area (TPSA) is 136 Å². The van der Waals surface area contributed by atoms with Gasteiger partial charge in [0.25, 0.3) is 0 Å². The first-order valence-corrected chi connectivity index (χ1v) is 10.2. The number of rotatable bonds is 6. The maximum Gasteiger partial charge on any atom is 0.320 e. The Kier molecular flexibility index (Phi) is 6.97. The van der Waals surface area contributed by atoms with E-state index in [9.17, 15) is 9.59 Å². The van der Waals surface area contributed by atoms with Crippen molar-refractivity contribution in [2.24, 2.45) is 25.6 Å². The van der Waals surface area contributed by atoms with E-state index in [2.05, 4.69) is 0 Å². The molecule has 8 nitrogen and oxygen atoms in total. The Morgan fingerprint density at radius 2 is 1.09 bits per heavy atom. The number of aromatic nitrogens is 2. The largest absolute Gasteiger partial charge is 0.480 e. The highest BCUT2D eigenvalue weighted by atomic mass is 16.4. The molecule has 0 aliphatic carbocycles. The zero-order valence-corrected chi connectivity index (χ0v) is 18.1. The summed E-state index contributed by atoms with van der Waals surface area (Å²) in [5, 5.41) is 19.7. The van der Waals surface area contributed by atoms with E-state index in [1.807, 2.05) is 84.2 Å². The molecule has 0 aliphatic rings. The van der Waals surface area contributed by atoms with Crippen molar-refractivity contribution in [1.29, 1.82) is 0 Å². The van der Waals surface area contributed by atoms with E-state index in [1.165, 1.54) is 0 Å². The lowest BCUT2D eigenvalue weighted by Gasteiger charge is -2.04. The summed E-state index contributed by atoms with van der Waals surface area (Å²) in [6, 6.07) is 14.1. The Hall–Kier alpha value is -3.62. The molecule has 32 heavy (non-hydrogen) atoms. The van der Waals surface area contributed by atoms with Gasteiger partial charge in [-0.15, -0.1) is 0 Å². The fourth-order valence-corrected chi connectivity index (χ4v) is 3.82. The molecule has 4 rings (SSSR count). The number of carboxylic acid groups (broad SMARTS) is 2. The van der Waals surface area contributed by atoms with Crippen LogP contribution in [-0.4, -0.2) is 43.4 Å². The molecule has 0 bridgehead atoms. The van der Waals surface area contributed by atoms with Crippen molar-refractivity contribution in [2.45, 2.75) is 24.9 Å². The van der Waals surface area contributed by atoms with Crippen LogP contribution in [0.3, 0.4) is 0 Å². The van der Waals surface area contributed by atoms with Gasteiger partial charge in [-0.3, -0.25) is 9.59 Å². The van der Waals surface area contributed by atoms with Gasteiger partial charge in [0.1, 0.15) is 12.1 Å². The minimum atomic E-state index is -0.965. The molecule has 168 valence electrons. The first-order chi connectivity index (χ1) is 15.2. The molecular formula is C24H28N4O4. The van der Waals surface area contributed by atoms with Crippen molar-refractivity contribution in [2.75, 3.05) is 0 Å². The minimum Gasteiger partial charge on any atom is -0.480 e. The van der Waals surface area contributed by atoms with Crippen LogP contribution in [0, 0.1) is 0 Å². The van der Waals surface area contributed by atoms with E-state index in [0.717, 1.165) is 32.9 Å². The Morgan fingerprint density at radius 1 is 0.750 bits per heavy atom. The van der Waals surface area contributed by atoms with Gasteiger partial charge in [0, 0.05) is 61.1 Å². The van der Waals surface area contributed by atoms with Crippen LogP contribution in [0.1, 0.15) is 11.1 Å². The molecule has 0 spiro atoms. The molecule has 6 N–H and O–H groups in total. The van der Waals surface area contributed by atoms with Crippen LogP contribution in [0.2, 0.25) is 0 Å². The van der Waals surface area contributed by atoms with E-state index < -0.39 is 24.0 Å². The van der Waals surface area contributed by atoms with E-state index >= 15 is 0 Å². The number of aliphatic carboxylic acids is 2. The van der Waals surface area contributed by atoms with Gasteiger partial charge in [0.05, 0.1) is 0 Å². The predicted molar refractivity (Wildman–Crippen MR) is 124 cm³/mol. The number of nitrogens with two attached hydrogens (primary N) is 2. The van der Waals surface area contributed by atoms with Crippen molar-refractivity contribution >= 4 is 33.7 Å². The second kappa shape index (κ2) is 9.67. The number of carboxylic acids is 2. The lowest BCUT2D eigenvalue weighted by Crippen LogP contribution is -2.32. The summed E-state index contributed by atoms with van der Waals surface area (Å²) in [4.78, 5) is 21.4. The van der Waals surface area contributed by atoms with Crippen LogP contribution in [0.5, 0.6) is 0 Å². The predicted octanol–water partition coefficient (Wildman–Crippen LogP) is 2.27. The van der Waals surface area contributed by atoms with Crippen LogP contribution in [-0.2, 0) is 36.5 Å². The molecule has 8 heteroatoms. The van der Waals surface area contributed by atoms with Gasteiger partial charge in [-0.25, -0.2) is 0 Å². The molecular weight excluding hydrogens is 408 g/mol. The third-order valence-corrected chi connectivity index (χ3v) is 5.47. The maximum absolute atomic E-state index is 10.7. The lowest BCUT2D eigenvalue weighted by atomic mass is 10.1. The average Bonchev–Trinajstić information content (AvgIpc) is 3.25. The quantitative estimate of drug-likeness (QED) is 0.366. The average molecular weight is 437 g/mol. The van der Waals surface area contributed by atoms with Crippen LogP contribution in [0.15, 0.2) is 60.9 Å². The summed E-state index contributed by atoms with van der Waals surface area (Å²) in [5.41, 5.74) is 15.2. The van der Waals surface area contributed by atoms with Gasteiger partial charge in [0.2, 0.25) is 0 Å². The maximum atomic E-state index is 10.7. The van der Waals surface area contributed by atoms with E-state index in [-0.39, 0.29) is 0 Å². The van der Waals surface area contributed by atoms with Gasteiger partial charge in [-0.1, -0.05) is 36.4 Å². The van der Waals surface area contributed by atoms with Crippen molar-refractivity contribution in [3.05, 3.63) is 72.1 Å². The highest BCUT2D eigenvalue weighted by Crippen LogP contribution is 2.22. The van der Waals surface area contributed by atoms with E-state index in [1.54, 1.807) is 0 Å². The number of fused-ring (bicyclic) bond motifs is 2. The van der Waals surface area contributed by atoms with Crippen LogP contribution in [0.25, 0.3) is 21.8 Å². The highest BCUT2D eigenvalue weighted by molar-refractivity contribution is 5.86. The number of hydrogen-bond donors (Lipinski definition) is 4.